The molecule has 1 N–H and O–H groups in total. The Kier molecular flexibility index (Phi) is 6.77. The number of hydrogen-bond acceptors (Lipinski definition) is 3. The summed E-state index contributed by atoms with van der Waals surface area (Å²) in [6.07, 6.45) is 0. The number of nitrogens with one attached hydrogen (secondary N) is 1. The quantitative estimate of drug-likeness (QED) is 0.456. The van der Waals surface area contributed by atoms with Crippen molar-refractivity contribution < 1.29 is 9.47 Å². The van der Waals surface area contributed by atoms with Gasteiger partial charge in [-0.1, -0.05) is 58.4 Å². The lowest BCUT2D eigenvalue weighted by molar-refractivity contribution is 0.268. The van der Waals surface area contributed by atoms with Gasteiger partial charge in [-0.2, -0.15) is 0 Å². The Morgan fingerprint density at radius 3 is 2.30 bits per heavy atom. The van der Waals surface area contributed by atoms with E-state index in [1.165, 1.54) is 11.1 Å². The molecule has 0 amide bonds. The smallest absolute Gasteiger partial charge is 0.162 e. The van der Waals surface area contributed by atoms with Crippen molar-refractivity contribution in [3.8, 4) is 11.5 Å². The van der Waals surface area contributed by atoms with Gasteiger partial charge in [0.1, 0.15) is 6.61 Å². The zero-order chi connectivity index (χ0) is 19.1. The highest BCUT2D eigenvalue weighted by Gasteiger charge is 2.12. The SMILES string of the molecule is CCOc1cc(CNc2ccccc2)c(Br)cc1OCc1ccccc1C. The van der Waals surface area contributed by atoms with Crippen molar-refractivity contribution in [2.75, 3.05) is 11.9 Å². The Hall–Kier alpha value is -2.46. The summed E-state index contributed by atoms with van der Waals surface area (Å²) in [4.78, 5) is 0. The molecule has 3 aromatic carbocycles. The third-order valence-electron chi connectivity index (χ3n) is 4.31. The maximum Gasteiger partial charge on any atom is 0.162 e. The molecular formula is C23H24BrNO2. The van der Waals surface area contributed by atoms with Crippen LogP contribution in [0.4, 0.5) is 5.69 Å². The zero-order valence-corrected chi connectivity index (χ0v) is 17.3. The minimum Gasteiger partial charge on any atom is -0.490 e. The number of rotatable bonds is 8. The van der Waals surface area contributed by atoms with Crippen LogP contribution in [0.2, 0.25) is 0 Å². The summed E-state index contributed by atoms with van der Waals surface area (Å²) in [7, 11) is 0. The zero-order valence-electron chi connectivity index (χ0n) is 15.7. The topological polar surface area (TPSA) is 30.5 Å². The lowest BCUT2D eigenvalue weighted by Gasteiger charge is -2.16. The third kappa shape index (κ3) is 5.27. The minimum absolute atomic E-state index is 0.515. The standard InChI is InChI=1S/C23H24BrNO2/c1-3-26-22-13-19(15-25-20-11-5-4-6-12-20)21(24)14-23(22)27-16-18-10-8-7-9-17(18)2/h4-14,25H,3,15-16H2,1-2H3. The molecule has 0 aliphatic carbocycles. The van der Waals surface area contributed by atoms with Crippen LogP contribution in [-0.4, -0.2) is 6.61 Å². The van der Waals surface area contributed by atoms with E-state index in [-0.39, 0.29) is 0 Å². The molecule has 0 fully saturated rings. The van der Waals surface area contributed by atoms with Crippen LogP contribution < -0.4 is 14.8 Å². The molecular weight excluding hydrogens is 402 g/mol. The van der Waals surface area contributed by atoms with Gasteiger partial charge in [-0.3, -0.25) is 0 Å². The van der Waals surface area contributed by atoms with Gasteiger partial charge in [-0.25, -0.2) is 0 Å². The summed E-state index contributed by atoms with van der Waals surface area (Å²) < 4.78 is 12.9. The summed E-state index contributed by atoms with van der Waals surface area (Å²) in [5.74, 6) is 1.51. The first-order chi connectivity index (χ1) is 13.2. The van der Waals surface area contributed by atoms with Crippen LogP contribution in [-0.2, 0) is 13.2 Å². The Labute approximate surface area is 169 Å². The van der Waals surface area contributed by atoms with Crippen molar-refractivity contribution in [1.82, 2.24) is 0 Å². The Morgan fingerprint density at radius 2 is 1.56 bits per heavy atom. The normalized spacial score (nSPS) is 10.5. The summed E-state index contributed by atoms with van der Waals surface area (Å²) >= 11 is 3.67. The Balaban J connectivity index is 1.76. The first kappa shape index (κ1) is 19.3. The molecule has 0 aliphatic rings. The third-order valence-corrected chi connectivity index (χ3v) is 5.05. The molecule has 0 radical (unpaired) electrons. The van der Waals surface area contributed by atoms with E-state index >= 15 is 0 Å². The van der Waals surface area contributed by atoms with Crippen molar-refractivity contribution in [1.29, 1.82) is 0 Å². The highest BCUT2D eigenvalue weighted by atomic mass is 79.9. The molecule has 3 rings (SSSR count). The van der Waals surface area contributed by atoms with Gasteiger partial charge in [0.05, 0.1) is 6.61 Å². The first-order valence-corrected chi connectivity index (χ1v) is 9.88. The van der Waals surface area contributed by atoms with Crippen molar-refractivity contribution in [3.05, 3.63) is 87.9 Å². The van der Waals surface area contributed by atoms with Crippen LogP contribution in [0.15, 0.2) is 71.2 Å². The molecule has 3 aromatic rings. The summed E-state index contributed by atoms with van der Waals surface area (Å²) in [5.41, 5.74) is 4.59. The second kappa shape index (κ2) is 9.47. The Bertz CT molecular complexity index is 881. The summed E-state index contributed by atoms with van der Waals surface area (Å²) in [6, 6.07) is 22.4. The molecule has 4 heteroatoms. The number of halogens is 1. The fourth-order valence-corrected chi connectivity index (χ4v) is 3.24. The molecule has 3 nitrogen and oxygen atoms in total. The molecule has 0 aromatic heterocycles. The second-order valence-electron chi connectivity index (χ2n) is 6.26. The number of ether oxygens (including phenoxy) is 2. The number of anilines is 1. The highest BCUT2D eigenvalue weighted by Crippen LogP contribution is 2.35. The molecule has 0 saturated carbocycles. The van der Waals surface area contributed by atoms with Gasteiger partial charge in [0.2, 0.25) is 0 Å². The van der Waals surface area contributed by atoms with Crippen molar-refractivity contribution in [2.24, 2.45) is 0 Å². The molecule has 140 valence electrons. The average molecular weight is 426 g/mol. The molecule has 0 atom stereocenters. The van der Waals surface area contributed by atoms with Crippen LogP contribution in [0.25, 0.3) is 0 Å². The van der Waals surface area contributed by atoms with Gasteiger partial charge in [0.25, 0.3) is 0 Å². The number of aryl methyl sites for hydroxylation is 1. The van der Waals surface area contributed by atoms with E-state index in [0.717, 1.165) is 27.2 Å². The number of hydrogen-bond donors (Lipinski definition) is 1. The molecule has 0 unspecified atom stereocenters. The summed E-state index contributed by atoms with van der Waals surface area (Å²) in [5, 5.41) is 3.43. The van der Waals surface area contributed by atoms with Crippen molar-refractivity contribution >= 4 is 21.6 Å². The second-order valence-corrected chi connectivity index (χ2v) is 7.11. The van der Waals surface area contributed by atoms with Crippen LogP contribution >= 0.6 is 15.9 Å². The van der Waals surface area contributed by atoms with E-state index in [1.807, 2.05) is 49.4 Å². The van der Waals surface area contributed by atoms with E-state index in [4.69, 9.17) is 9.47 Å². The van der Waals surface area contributed by atoms with Crippen LogP contribution in [0.5, 0.6) is 11.5 Å². The van der Waals surface area contributed by atoms with Gasteiger partial charge >= 0.3 is 0 Å². The lowest BCUT2D eigenvalue weighted by atomic mass is 10.1. The average Bonchev–Trinajstić information content (AvgIpc) is 2.69. The Morgan fingerprint density at radius 1 is 0.852 bits per heavy atom. The molecule has 0 aliphatic heterocycles. The van der Waals surface area contributed by atoms with Gasteiger partial charge < -0.3 is 14.8 Å². The fourth-order valence-electron chi connectivity index (χ4n) is 2.77. The molecule has 0 bridgehead atoms. The summed E-state index contributed by atoms with van der Waals surface area (Å²) in [6.45, 7) is 5.88. The van der Waals surface area contributed by atoms with Gasteiger partial charge in [0, 0.05) is 16.7 Å². The van der Waals surface area contributed by atoms with Crippen molar-refractivity contribution in [2.45, 2.75) is 27.0 Å². The minimum atomic E-state index is 0.515. The first-order valence-electron chi connectivity index (χ1n) is 9.09. The van der Waals surface area contributed by atoms with Gasteiger partial charge in [-0.15, -0.1) is 0 Å². The van der Waals surface area contributed by atoms with Crippen LogP contribution in [0, 0.1) is 6.92 Å². The molecule has 27 heavy (non-hydrogen) atoms. The number of benzene rings is 3. The van der Waals surface area contributed by atoms with Gasteiger partial charge in [0.15, 0.2) is 11.5 Å². The fraction of sp³-hybridized carbons (Fsp3) is 0.217. The lowest BCUT2D eigenvalue weighted by Crippen LogP contribution is -2.04. The van der Waals surface area contributed by atoms with Crippen LogP contribution in [0.3, 0.4) is 0 Å². The van der Waals surface area contributed by atoms with E-state index in [9.17, 15) is 0 Å². The highest BCUT2D eigenvalue weighted by molar-refractivity contribution is 9.10. The van der Waals surface area contributed by atoms with Crippen molar-refractivity contribution in [3.63, 3.8) is 0 Å². The van der Waals surface area contributed by atoms with E-state index in [0.29, 0.717) is 19.8 Å². The predicted molar refractivity (Wildman–Crippen MR) is 115 cm³/mol. The molecule has 0 saturated heterocycles. The molecule has 0 spiro atoms. The van der Waals surface area contributed by atoms with Crippen LogP contribution in [0.1, 0.15) is 23.6 Å². The predicted octanol–water partition coefficient (Wildman–Crippen LogP) is 6.35. The largest absolute Gasteiger partial charge is 0.490 e. The van der Waals surface area contributed by atoms with E-state index in [1.54, 1.807) is 0 Å². The number of para-hydroxylation sites is 1. The maximum absolute atomic E-state index is 6.08. The van der Waals surface area contributed by atoms with Gasteiger partial charge in [-0.05, 0) is 54.8 Å². The monoisotopic (exact) mass is 425 g/mol. The van der Waals surface area contributed by atoms with E-state index in [2.05, 4.69) is 52.4 Å². The van der Waals surface area contributed by atoms with E-state index < -0.39 is 0 Å². The molecule has 0 heterocycles. The maximum atomic E-state index is 6.08.